The Balaban J connectivity index is 1.96. The van der Waals surface area contributed by atoms with E-state index in [4.69, 9.17) is 0 Å². The van der Waals surface area contributed by atoms with Crippen molar-refractivity contribution in [1.29, 1.82) is 0 Å². The lowest BCUT2D eigenvalue weighted by Crippen LogP contribution is -2.17. The molecule has 0 atom stereocenters. The van der Waals surface area contributed by atoms with Gasteiger partial charge in [0.2, 0.25) is 0 Å². The van der Waals surface area contributed by atoms with Crippen LogP contribution in [0.25, 0.3) is 12.2 Å². The molecule has 0 aliphatic rings. The second-order valence-corrected chi connectivity index (χ2v) is 6.88. The van der Waals surface area contributed by atoms with Crippen LogP contribution in [-0.2, 0) is 6.42 Å². The molecular weight excluding hydrogens is 300 g/mol. The van der Waals surface area contributed by atoms with Gasteiger partial charge in [-0.3, -0.25) is 0 Å². The standard InChI is InChI=1S/C21H26O3/c1-21(2,24)11-4-3-6-16-7-5-8-17(12-16)9-10-18-13-19(22)15-20(23)14-18/h5,7-10,12-15,22-24H,3-4,6,11H2,1-2H3. The van der Waals surface area contributed by atoms with E-state index < -0.39 is 5.60 Å². The largest absolute Gasteiger partial charge is 0.508 e. The fraction of sp³-hybridized carbons (Fsp3) is 0.333. The van der Waals surface area contributed by atoms with Crippen molar-refractivity contribution in [2.75, 3.05) is 0 Å². The molecule has 3 heteroatoms. The van der Waals surface area contributed by atoms with Crippen molar-refractivity contribution in [3.05, 3.63) is 59.2 Å². The fourth-order valence-electron chi connectivity index (χ4n) is 2.65. The average Bonchev–Trinajstić information content (AvgIpc) is 2.48. The van der Waals surface area contributed by atoms with E-state index in [0.717, 1.165) is 36.8 Å². The monoisotopic (exact) mass is 326 g/mol. The van der Waals surface area contributed by atoms with E-state index in [1.54, 1.807) is 12.1 Å². The molecule has 128 valence electrons. The maximum atomic E-state index is 9.73. The minimum absolute atomic E-state index is 0.0511. The van der Waals surface area contributed by atoms with Crippen molar-refractivity contribution in [2.45, 2.75) is 45.1 Å². The number of hydrogen-bond donors (Lipinski definition) is 3. The van der Waals surface area contributed by atoms with Crippen molar-refractivity contribution in [3.8, 4) is 11.5 Å². The molecule has 0 unspecified atom stereocenters. The van der Waals surface area contributed by atoms with E-state index in [1.807, 2.05) is 38.1 Å². The molecule has 0 aliphatic heterocycles. The minimum atomic E-state index is -0.586. The van der Waals surface area contributed by atoms with Crippen LogP contribution in [0.4, 0.5) is 0 Å². The van der Waals surface area contributed by atoms with Gasteiger partial charge in [-0.25, -0.2) is 0 Å². The van der Waals surface area contributed by atoms with Gasteiger partial charge < -0.3 is 15.3 Å². The van der Waals surface area contributed by atoms with Crippen LogP contribution in [0, 0.1) is 0 Å². The first-order valence-corrected chi connectivity index (χ1v) is 8.34. The summed E-state index contributed by atoms with van der Waals surface area (Å²) in [6.07, 6.45) is 7.70. The number of aromatic hydroxyl groups is 2. The van der Waals surface area contributed by atoms with Crippen LogP contribution in [0.15, 0.2) is 42.5 Å². The fourth-order valence-corrected chi connectivity index (χ4v) is 2.65. The maximum Gasteiger partial charge on any atom is 0.119 e. The Morgan fingerprint density at radius 3 is 2.21 bits per heavy atom. The number of aryl methyl sites for hydroxylation is 1. The van der Waals surface area contributed by atoms with Crippen molar-refractivity contribution in [3.63, 3.8) is 0 Å². The number of hydrogen-bond acceptors (Lipinski definition) is 3. The van der Waals surface area contributed by atoms with Crippen LogP contribution in [-0.4, -0.2) is 20.9 Å². The number of phenolic OH excluding ortho intramolecular Hbond substituents is 2. The summed E-state index contributed by atoms with van der Waals surface area (Å²) in [5.74, 6) is 0.102. The second kappa shape index (κ2) is 8.02. The average molecular weight is 326 g/mol. The van der Waals surface area contributed by atoms with Gasteiger partial charge in [0, 0.05) is 6.07 Å². The summed E-state index contributed by atoms with van der Waals surface area (Å²) < 4.78 is 0. The molecule has 2 aromatic carbocycles. The van der Waals surface area contributed by atoms with E-state index in [1.165, 1.54) is 11.6 Å². The lowest BCUT2D eigenvalue weighted by molar-refractivity contribution is 0.0682. The molecule has 0 aliphatic carbocycles. The van der Waals surface area contributed by atoms with E-state index in [2.05, 4.69) is 12.1 Å². The summed E-state index contributed by atoms with van der Waals surface area (Å²) in [4.78, 5) is 0. The molecule has 0 spiro atoms. The summed E-state index contributed by atoms with van der Waals surface area (Å²) in [6, 6.07) is 12.8. The van der Waals surface area contributed by atoms with Gasteiger partial charge in [-0.1, -0.05) is 42.8 Å². The van der Waals surface area contributed by atoms with E-state index in [-0.39, 0.29) is 11.5 Å². The number of phenols is 2. The van der Waals surface area contributed by atoms with Crippen molar-refractivity contribution in [1.82, 2.24) is 0 Å². The molecule has 0 aromatic heterocycles. The summed E-state index contributed by atoms with van der Waals surface area (Å²) in [5.41, 5.74) is 2.52. The third kappa shape index (κ3) is 6.47. The lowest BCUT2D eigenvalue weighted by Gasteiger charge is -2.16. The Bertz CT molecular complexity index is 676. The Hall–Kier alpha value is -2.26. The van der Waals surface area contributed by atoms with E-state index in [0.29, 0.717) is 0 Å². The van der Waals surface area contributed by atoms with Crippen LogP contribution < -0.4 is 0 Å². The highest BCUT2D eigenvalue weighted by Crippen LogP contribution is 2.22. The Morgan fingerprint density at radius 1 is 0.875 bits per heavy atom. The molecule has 3 nitrogen and oxygen atoms in total. The van der Waals surface area contributed by atoms with E-state index in [9.17, 15) is 15.3 Å². The number of rotatable bonds is 7. The van der Waals surface area contributed by atoms with Gasteiger partial charge in [-0.15, -0.1) is 0 Å². The smallest absolute Gasteiger partial charge is 0.119 e. The predicted molar refractivity (Wildman–Crippen MR) is 99.0 cm³/mol. The quantitative estimate of drug-likeness (QED) is 0.508. The van der Waals surface area contributed by atoms with Crippen LogP contribution >= 0.6 is 0 Å². The van der Waals surface area contributed by atoms with Crippen molar-refractivity contribution in [2.24, 2.45) is 0 Å². The third-order valence-electron chi connectivity index (χ3n) is 3.85. The summed E-state index contributed by atoms with van der Waals surface area (Å²) in [6.45, 7) is 3.69. The minimum Gasteiger partial charge on any atom is -0.508 e. The van der Waals surface area contributed by atoms with Gasteiger partial charge in [-0.2, -0.15) is 0 Å². The second-order valence-electron chi connectivity index (χ2n) is 6.88. The van der Waals surface area contributed by atoms with Crippen LogP contribution in [0.5, 0.6) is 11.5 Å². The van der Waals surface area contributed by atoms with Gasteiger partial charge in [0.25, 0.3) is 0 Å². The Morgan fingerprint density at radius 2 is 1.54 bits per heavy atom. The Kier molecular flexibility index (Phi) is 6.04. The summed E-state index contributed by atoms with van der Waals surface area (Å²) in [7, 11) is 0. The molecule has 0 heterocycles. The summed E-state index contributed by atoms with van der Waals surface area (Å²) >= 11 is 0. The predicted octanol–water partition coefficient (Wildman–Crippen LogP) is 4.75. The molecule has 0 saturated heterocycles. The SMILES string of the molecule is CC(C)(O)CCCCc1cccc(C=Cc2cc(O)cc(O)c2)c1. The van der Waals surface area contributed by atoms with Gasteiger partial charge in [0.05, 0.1) is 5.60 Å². The van der Waals surface area contributed by atoms with Gasteiger partial charge in [0.1, 0.15) is 11.5 Å². The van der Waals surface area contributed by atoms with Gasteiger partial charge in [0.15, 0.2) is 0 Å². The topological polar surface area (TPSA) is 60.7 Å². The molecule has 2 rings (SSSR count). The summed E-state index contributed by atoms with van der Waals surface area (Å²) in [5, 5.41) is 28.7. The number of unbranched alkanes of at least 4 members (excludes halogenated alkanes) is 1. The molecule has 0 amide bonds. The molecule has 0 radical (unpaired) electrons. The van der Waals surface area contributed by atoms with Gasteiger partial charge >= 0.3 is 0 Å². The third-order valence-corrected chi connectivity index (χ3v) is 3.85. The van der Waals surface area contributed by atoms with Gasteiger partial charge in [-0.05, 0) is 61.9 Å². The lowest BCUT2D eigenvalue weighted by atomic mass is 9.98. The Labute approximate surface area is 143 Å². The molecule has 3 N–H and O–H groups in total. The zero-order valence-corrected chi connectivity index (χ0v) is 14.4. The van der Waals surface area contributed by atoms with E-state index >= 15 is 0 Å². The molecule has 2 aromatic rings. The molecule has 0 bridgehead atoms. The zero-order valence-electron chi connectivity index (χ0n) is 14.4. The highest BCUT2D eigenvalue weighted by atomic mass is 16.3. The highest BCUT2D eigenvalue weighted by molar-refractivity contribution is 5.71. The first kappa shape index (κ1) is 18.1. The molecule has 0 fully saturated rings. The number of benzene rings is 2. The first-order chi connectivity index (χ1) is 11.3. The number of aliphatic hydroxyl groups is 1. The van der Waals surface area contributed by atoms with Crippen molar-refractivity contribution >= 4 is 12.2 Å². The van der Waals surface area contributed by atoms with Crippen molar-refractivity contribution < 1.29 is 15.3 Å². The first-order valence-electron chi connectivity index (χ1n) is 8.34. The molecular formula is C21H26O3. The normalized spacial score (nSPS) is 12.0. The van der Waals surface area contributed by atoms with Crippen LogP contribution in [0.2, 0.25) is 0 Å². The maximum absolute atomic E-state index is 9.73. The highest BCUT2D eigenvalue weighted by Gasteiger charge is 2.10. The zero-order chi connectivity index (χ0) is 17.6. The molecule has 24 heavy (non-hydrogen) atoms. The van der Waals surface area contributed by atoms with Crippen LogP contribution in [0.3, 0.4) is 0 Å². The van der Waals surface area contributed by atoms with Crippen LogP contribution in [0.1, 0.15) is 49.8 Å². The molecule has 0 saturated carbocycles.